The van der Waals surface area contributed by atoms with E-state index in [2.05, 4.69) is 33.9 Å². The molecule has 0 aromatic rings. The Morgan fingerprint density at radius 2 is 1.62 bits per heavy atom. The highest BCUT2D eigenvalue weighted by atomic mass is 32.1. The first-order valence-electron chi connectivity index (χ1n) is 7.89. The van der Waals surface area contributed by atoms with E-state index in [4.69, 9.17) is 9.16 Å². The highest BCUT2D eigenvalue weighted by molar-refractivity contribution is 7.59. The summed E-state index contributed by atoms with van der Waals surface area (Å²) in [6, 6.07) is -0.454. The summed E-state index contributed by atoms with van der Waals surface area (Å²) in [4.78, 5) is 25.0. The van der Waals surface area contributed by atoms with Crippen molar-refractivity contribution in [3.63, 3.8) is 0 Å². The topological polar surface area (TPSA) is 55.8 Å². The second-order valence-corrected chi connectivity index (χ2v) is 13.3. The summed E-state index contributed by atoms with van der Waals surface area (Å²) in [7, 11) is -1.92. The van der Waals surface area contributed by atoms with E-state index in [1.807, 2.05) is 20.8 Å². The van der Waals surface area contributed by atoms with Crippen molar-refractivity contribution in [2.75, 3.05) is 6.54 Å². The zero-order chi connectivity index (χ0) is 17.3. The molecule has 0 bridgehead atoms. The van der Waals surface area contributed by atoms with Gasteiger partial charge in [0.25, 0.3) is 0 Å². The van der Waals surface area contributed by atoms with Gasteiger partial charge in [-0.15, -0.1) is 0 Å². The zero-order valence-electron chi connectivity index (χ0n) is 16.2. The van der Waals surface area contributed by atoms with Crippen LogP contribution in [0.4, 0.5) is 4.79 Å². The minimum Gasteiger partial charge on any atom is -0.444 e. The average Bonchev–Trinajstić information content (AvgIpc) is 2.67. The Bertz CT molecular complexity index is 433. The summed E-state index contributed by atoms with van der Waals surface area (Å²) < 4.78 is 11.7. The average molecular weight is 398 g/mol. The summed E-state index contributed by atoms with van der Waals surface area (Å²) in [5, 5.41) is 0.100. The molecule has 8 heteroatoms. The number of hydrogen-bond donors (Lipinski definition) is 0. The first kappa shape index (κ1) is 26.1. The van der Waals surface area contributed by atoms with Gasteiger partial charge in [-0.25, -0.2) is 4.79 Å². The number of hydrogen-bond acceptors (Lipinski definition) is 4. The third-order valence-corrected chi connectivity index (χ3v) is 8.89. The molecule has 2 unspecified atom stereocenters. The van der Waals surface area contributed by atoms with Crippen molar-refractivity contribution < 1.29 is 18.8 Å². The second-order valence-electron chi connectivity index (χ2n) is 8.57. The molecule has 144 valence electrons. The normalized spacial score (nSPS) is 21.6. The number of rotatable bonds is 3. The third kappa shape index (κ3) is 6.97. The molecule has 2 atom stereocenters. The Hall–Kier alpha value is -0.183. The van der Waals surface area contributed by atoms with Crippen LogP contribution in [0.2, 0.25) is 18.1 Å². The van der Waals surface area contributed by atoms with Crippen LogP contribution in [0.15, 0.2) is 0 Å². The molecule has 0 aromatic carbocycles. The minimum atomic E-state index is -1.92. The van der Waals surface area contributed by atoms with Gasteiger partial charge in [-0.2, -0.15) is 27.0 Å². The van der Waals surface area contributed by atoms with E-state index in [0.717, 1.165) is 6.29 Å². The second kappa shape index (κ2) is 8.96. The molecule has 0 saturated carbocycles. The summed E-state index contributed by atoms with van der Waals surface area (Å²) in [6.07, 6.45) is 0.836. The maximum Gasteiger partial charge on any atom is 0.410 e. The van der Waals surface area contributed by atoms with Gasteiger partial charge in [-0.05, 0) is 38.9 Å². The van der Waals surface area contributed by atoms with Gasteiger partial charge >= 0.3 is 6.09 Å². The number of nitrogens with zero attached hydrogens (tertiary/aromatic N) is 1. The number of carbonyl (C=O) groups is 2. The largest absolute Gasteiger partial charge is 0.444 e. The minimum absolute atomic E-state index is 0. The van der Waals surface area contributed by atoms with Gasteiger partial charge in [-0.3, -0.25) is 4.90 Å². The van der Waals surface area contributed by atoms with E-state index in [1.54, 1.807) is 0 Å². The molecule has 0 aliphatic carbocycles. The fourth-order valence-electron chi connectivity index (χ4n) is 2.16. The molecular weight excluding hydrogens is 362 g/mol. The van der Waals surface area contributed by atoms with Crippen molar-refractivity contribution in [2.24, 2.45) is 0 Å². The van der Waals surface area contributed by atoms with E-state index in [0.29, 0.717) is 13.0 Å². The predicted molar refractivity (Wildman–Crippen MR) is 110 cm³/mol. The molecule has 0 spiro atoms. The van der Waals surface area contributed by atoms with Crippen molar-refractivity contribution in [2.45, 2.75) is 83.8 Å². The number of carbonyl (C=O) groups excluding carboxylic acids is 2. The van der Waals surface area contributed by atoms with Crippen molar-refractivity contribution in [1.29, 1.82) is 0 Å². The molecule has 1 fully saturated rings. The lowest BCUT2D eigenvalue weighted by Gasteiger charge is -2.38. The van der Waals surface area contributed by atoms with Crippen LogP contribution in [0.1, 0.15) is 48.0 Å². The Kier molecular flexibility index (Phi) is 9.72. The van der Waals surface area contributed by atoms with Crippen molar-refractivity contribution in [3.05, 3.63) is 0 Å². The third-order valence-electron chi connectivity index (χ3n) is 4.36. The molecule has 0 N–H and O–H groups in total. The van der Waals surface area contributed by atoms with Gasteiger partial charge in [0.15, 0.2) is 8.32 Å². The van der Waals surface area contributed by atoms with E-state index in [-0.39, 0.29) is 38.1 Å². The summed E-state index contributed by atoms with van der Waals surface area (Å²) in [5.74, 6) is 0. The van der Waals surface area contributed by atoms with Crippen LogP contribution < -0.4 is 0 Å². The molecule has 1 aliphatic heterocycles. The van der Waals surface area contributed by atoms with Crippen LogP contribution in [0.5, 0.6) is 0 Å². The lowest BCUT2D eigenvalue weighted by Crippen LogP contribution is -2.45. The summed E-state index contributed by atoms with van der Waals surface area (Å²) in [6.45, 7) is 16.8. The van der Waals surface area contributed by atoms with Crippen molar-refractivity contribution in [1.82, 2.24) is 4.90 Å². The Morgan fingerprint density at radius 3 is 2.00 bits per heavy atom. The highest BCUT2D eigenvalue weighted by Crippen LogP contribution is 2.38. The predicted octanol–water partition coefficient (Wildman–Crippen LogP) is 3.81. The van der Waals surface area contributed by atoms with E-state index in [9.17, 15) is 9.59 Å². The van der Waals surface area contributed by atoms with Gasteiger partial charge in [0, 0.05) is 13.0 Å². The summed E-state index contributed by atoms with van der Waals surface area (Å²) >= 11 is 0. The van der Waals surface area contributed by atoms with E-state index < -0.39 is 26.1 Å². The monoisotopic (exact) mass is 397 g/mol. The molecule has 24 heavy (non-hydrogen) atoms. The molecule has 0 aromatic heterocycles. The van der Waals surface area contributed by atoms with Crippen LogP contribution in [0.25, 0.3) is 0 Å². The zero-order valence-corrected chi connectivity index (χ0v) is 19.2. The smallest absolute Gasteiger partial charge is 0.410 e. The molecule has 5 nitrogen and oxygen atoms in total. The molecule has 1 heterocycles. The quantitative estimate of drug-likeness (QED) is 0.537. The van der Waals surface area contributed by atoms with Crippen molar-refractivity contribution >= 4 is 47.7 Å². The van der Waals surface area contributed by atoms with Crippen LogP contribution in [-0.2, 0) is 14.0 Å². The van der Waals surface area contributed by atoms with Gasteiger partial charge in [0.1, 0.15) is 11.9 Å². The maximum absolute atomic E-state index is 12.2. The van der Waals surface area contributed by atoms with Crippen molar-refractivity contribution in [3.8, 4) is 0 Å². The molecule has 1 aliphatic rings. The Balaban J connectivity index is 0. The van der Waals surface area contributed by atoms with E-state index in [1.165, 1.54) is 4.90 Å². The Labute approximate surface area is 161 Å². The van der Waals surface area contributed by atoms with Gasteiger partial charge in [-0.1, -0.05) is 20.8 Å². The number of likely N-dealkylation sites (tertiary alicyclic amines) is 1. The highest BCUT2D eigenvalue weighted by Gasteiger charge is 2.44. The van der Waals surface area contributed by atoms with Gasteiger partial charge < -0.3 is 14.0 Å². The van der Waals surface area contributed by atoms with Gasteiger partial charge in [0.2, 0.25) is 0 Å². The fourth-order valence-corrected chi connectivity index (χ4v) is 3.52. The van der Waals surface area contributed by atoms with Crippen LogP contribution in [-0.4, -0.2) is 49.9 Å². The van der Waals surface area contributed by atoms with Crippen LogP contribution >= 0.6 is 27.0 Å². The molecule has 1 rings (SSSR count). The van der Waals surface area contributed by atoms with Crippen LogP contribution in [0.3, 0.4) is 0 Å². The standard InChI is InChI=1S/C16H31NO4Si.2H2S/c1-15(2,3)20-14(19)17-10-13(9-12(17)11-18)21-22(7,8)16(4,5)6;;/h11-13H,9-10H2,1-8H3;2*1H2. The molecule has 1 amide bonds. The first-order chi connectivity index (χ1) is 9.77. The summed E-state index contributed by atoms with van der Waals surface area (Å²) in [5.41, 5.74) is -0.567. The number of aldehydes is 1. The lowest BCUT2D eigenvalue weighted by molar-refractivity contribution is -0.111. The molecule has 0 radical (unpaired) electrons. The Morgan fingerprint density at radius 1 is 1.12 bits per heavy atom. The molecular formula is C16H35NO4S2Si. The number of ether oxygens (including phenoxy) is 1. The van der Waals surface area contributed by atoms with Gasteiger partial charge in [0.05, 0.1) is 12.1 Å². The number of amides is 1. The van der Waals surface area contributed by atoms with E-state index >= 15 is 0 Å². The fraction of sp³-hybridized carbons (Fsp3) is 0.875. The lowest BCUT2D eigenvalue weighted by atomic mass is 10.2. The first-order valence-corrected chi connectivity index (χ1v) is 10.8. The maximum atomic E-state index is 12.2. The van der Waals surface area contributed by atoms with Crippen LogP contribution in [0, 0.1) is 0 Å². The SMILES string of the molecule is CC(C)(C)OC(=O)N1CC(O[Si](C)(C)C(C)(C)C)CC1C=O.S.S. The molecule has 1 saturated heterocycles.